The molecule has 2 saturated heterocycles. The van der Waals surface area contributed by atoms with Crippen molar-refractivity contribution in [3.05, 3.63) is 30.3 Å². The van der Waals surface area contributed by atoms with Crippen LogP contribution in [0.3, 0.4) is 0 Å². The summed E-state index contributed by atoms with van der Waals surface area (Å²) < 4.78 is 0. The lowest BCUT2D eigenvalue weighted by molar-refractivity contribution is -0.138. The van der Waals surface area contributed by atoms with Gasteiger partial charge in [-0.05, 0) is 63.1 Å². The first-order valence-electron chi connectivity index (χ1n) is 10.8. The molecule has 1 unspecified atom stereocenters. The van der Waals surface area contributed by atoms with Crippen LogP contribution >= 0.6 is 0 Å². The summed E-state index contributed by atoms with van der Waals surface area (Å²) in [6, 6.07) is 9.95. The van der Waals surface area contributed by atoms with E-state index in [0.29, 0.717) is 12.6 Å². The molecule has 3 aliphatic rings. The Balaban J connectivity index is 1.24. The highest BCUT2D eigenvalue weighted by atomic mass is 16.2. The quantitative estimate of drug-likeness (QED) is 0.820. The summed E-state index contributed by atoms with van der Waals surface area (Å²) in [7, 11) is 0. The Morgan fingerprint density at radius 1 is 0.929 bits per heavy atom. The number of nitrogens with one attached hydrogen (secondary N) is 2. The highest BCUT2D eigenvalue weighted by molar-refractivity contribution is 5.90. The minimum atomic E-state index is -0.105. The first kappa shape index (κ1) is 19.2. The number of likely N-dealkylation sites (tertiary alicyclic amines) is 2. The number of hydrogen-bond donors (Lipinski definition) is 2. The van der Waals surface area contributed by atoms with Gasteiger partial charge in [0, 0.05) is 37.9 Å². The predicted octanol–water partition coefficient (Wildman–Crippen LogP) is 2.92. The molecule has 1 aromatic carbocycles. The minimum absolute atomic E-state index is 0.0637. The molecular weight excluding hydrogens is 352 g/mol. The maximum absolute atomic E-state index is 13.0. The number of piperidine rings is 2. The van der Waals surface area contributed by atoms with E-state index in [0.717, 1.165) is 63.5 Å². The number of benzene rings is 1. The third-order valence-electron chi connectivity index (χ3n) is 6.28. The van der Waals surface area contributed by atoms with E-state index in [1.165, 1.54) is 12.8 Å². The van der Waals surface area contributed by atoms with Crippen LogP contribution in [0.2, 0.25) is 0 Å². The lowest BCUT2D eigenvalue weighted by atomic mass is 9.95. The summed E-state index contributed by atoms with van der Waals surface area (Å²) in [5.74, 6) is 1.07. The molecule has 6 nitrogen and oxygen atoms in total. The number of nitrogens with zero attached hydrogens (tertiary/aromatic N) is 2. The van der Waals surface area contributed by atoms with Crippen LogP contribution in [0.25, 0.3) is 0 Å². The molecule has 1 saturated carbocycles. The number of urea groups is 1. The van der Waals surface area contributed by atoms with Gasteiger partial charge in [-0.2, -0.15) is 0 Å². The fraction of sp³-hybridized carbons (Fsp3) is 0.636. The van der Waals surface area contributed by atoms with Gasteiger partial charge in [0.15, 0.2) is 0 Å². The van der Waals surface area contributed by atoms with E-state index in [2.05, 4.69) is 10.6 Å². The molecule has 3 fully saturated rings. The van der Waals surface area contributed by atoms with Crippen molar-refractivity contribution >= 4 is 17.6 Å². The second-order valence-corrected chi connectivity index (χ2v) is 8.53. The Bertz CT molecular complexity index is 668. The first-order valence-corrected chi connectivity index (χ1v) is 10.8. The Kier molecular flexibility index (Phi) is 6.15. The number of rotatable bonds is 5. The third-order valence-corrected chi connectivity index (χ3v) is 6.28. The average Bonchev–Trinajstić information content (AvgIpc) is 3.57. The van der Waals surface area contributed by atoms with E-state index < -0.39 is 0 Å². The van der Waals surface area contributed by atoms with Crippen LogP contribution in [0.5, 0.6) is 0 Å². The standard InChI is InChI=1S/C22H32N4O2/c27-21(25-13-10-19(11-14-25)23-15-17-8-9-17)18-5-4-12-26(16-18)22(28)24-20-6-2-1-3-7-20/h1-3,6-7,17-19,23H,4-5,8-16H2,(H,24,28). The molecule has 4 rings (SSSR count). The molecule has 1 atom stereocenters. The number of hydrogen-bond acceptors (Lipinski definition) is 3. The number of carbonyl (C=O) groups is 2. The fourth-order valence-corrected chi connectivity index (χ4v) is 4.30. The van der Waals surface area contributed by atoms with Crippen LogP contribution in [0.1, 0.15) is 38.5 Å². The predicted molar refractivity (Wildman–Crippen MR) is 110 cm³/mol. The van der Waals surface area contributed by atoms with Gasteiger partial charge in [-0.1, -0.05) is 18.2 Å². The van der Waals surface area contributed by atoms with Crippen molar-refractivity contribution < 1.29 is 9.59 Å². The van der Waals surface area contributed by atoms with Gasteiger partial charge in [-0.15, -0.1) is 0 Å². The van der Waals surface area contributed by atoms with Crippen molar-refractivity contribution in [2.75, 3.05) is 38.0 Å². The largest absolute Gasteiger partial charge is 0.342 e. The van der Waals surface area contributed by atoms with Crippen molar-refractivity contribution in [2.24, 2.45) is 11.8 Å². The molecule has 6 heteroatoms. The number of carbonyl (C=O) groups excluding carboxylic acids is 2. The van der Waals surface area contributed by atoms with E-state index in [4.69, 9.17) is 0 Å². The van der Waals surface area contributed by atoms with E-state index in [1.54, 1.807) is 4.90 Å². The van der Waals surface area contributed by atoms with Crippen LogP contribution in [0.15, 0.2) is 30.3 Å². The van der Waals surface area contributed by atoms with Gasteiger partial charge in [0.1, 0.15) is 0 Å². The topological polar surface area (TPSA) is 64.7 Å². The van der Waals surface area contributed by atoms with Gasteiger partial charge >= 0.3 is 6.03 Å². The number of amides is 3. The lowest BCUT2D eigenvalue weighted by Crippen LogP contribution is -2.51. The van der Waals surface area contributed by atoms with Crippen LogP contribution in [0.4, 0.5) is 10.5 Å². The Labute approximate surface area is 167 Å². The molecule has 0 radical (unpaired) electrons. The second kappa shape index (κ2) is 8.95. The van der Waals surface area contributed by atoms with E-state index >= 15 is 0 Å². The zero-order chi connectivity index (χ0) is 19.3. The van der Waals surface area contributed by atoms with Crippen molar-refractivity contribution in [2.45, 2.75) is 44.6 Å². The van der Waals surface area contributed by atoms with Gasteiger partial charge in [0.2, 0.25) is 5.91 Å². The van der Waals surface area contributed by atoms with E-state index in [9.17, 15) is 9.59 Å². The zero-order valence-corrected chi connectivity index (χ0v) is 16.6. The zero-order valence-electron chi connectivity index (χ0n) is 16.6. The molecule has 0 bridgehead atoms. The Morgan fingerprint density at radius 2 is 1.68 bits per heavy atom. The minimum Gasteiger partial charge on any atom is -0.342 e. The fourth-order valence-electron chi connectivity index (χ4n) is 4.30. The molecule has 1 aromatic rings. The average molecular weight is 385 g/mol. The van der Waals surface area contributed by atoms with Gasteiger partial charge < -0.3 is 20.4 Å². The third kappa shape index (κ3) is 5.04. The highest BCUT2D eigenvalue weighted by Crippen LogP contribution is 2.28. The van der Waals surface area contributed by atoms with Crippen molar-refractivity contribution in [3.8, 4) is 0 Å². The molecule has 0 aromatic heterocycles. The highest BCUT2D eigenvalue weighted by Gasteiger charge is 2.33. The van der Waals surface area contributed by atoms with Crippen LogP contribution in [0, 0.1) is 11.8 Å². The maximum atomic E-state index is 13.0. The SMILES string of the molecule is O=C(Nc1ccccc1)N1CCCC(C(=O)N2CCC(NCC3CC3)CC2)C1. The summed E-state index contributed by atoms with van der Waals surface area (Å²) in [6.07, 6.45) is 6.61. The molecule has 28 heavy (non-hydrogen) atoms. The van der Waals surface area contributed by atoms with Gasteiger partial charge in [-0.3, -0.25) is 4.79 Å². The van der Waals surface area contributed by atoms with E-state index in [1.807, 2.05) is 35.2 Å². The smallest absolute Gasteiger partial charge is 0.321 e. The van der Waals surface area contributed by atoms with Crippen LogP contribution in [-0.4, -0.2) is 60.5 Å². The van der Waals surface area contributed by atoms with Crippen molar-refractivity contribution in [1.29, 1.82) is 0 Å². The summed E-state index contributed by atoms with van der Waals surface area (Å²) >= 11 is 0. The van der Waals surface area contributed by atoms with Crippen molar-refractivity contribution in [1.82, 2.24) is 15.1 Å². The molecule has 1 aliphatic carbocycles. The Morgan fingerprint density at radius 3 is 2.39 bits per heavy atom. The summed E-state index contributed by atoms with van der Waals surface area (Å²) in [5.41, 5.74) is 0.793. The summed E-state index contributed by atoms with van der Waals surface area (Å²) in [6.45, 7) is 4.07. The molecular formula is C22H32N4O2. The van der Waals surface area contributed by atoms with Crippen LogP contribution in [-0.2, 0) is 4.79 Å². The monoisotopic (exact) mass is 384 g/mol. The molecule has 152 valence electrons. The molecule has 2 aliphatic heterocycles. The van der Waals surface area contributed by atoms with E-state index in [-0.39, 0.29) is 17.9 Å². The molecule has 3 amide bonds. The lowest BCUT2D eigenvalue weighted by Gasteiger charge is -2.38. The number of para-hydroxylation sites is 1. The number of anilines is 1. The van der Waals surface area contributed by atoms with Crippen LogP contribution < -0.4 is 10.6 Å². The first-order chi connectivity index (χ1) is 13.7. The maximum Gasteiger partial charge on any atom is 0.321 e. The summed E-state index contributed by atoms with van der Waals surface area (Å²) in [4.78, 5) is 29.4. The van der Waals surface area contributed by atoms with Crippen molar-refractivity contribution in [3.63, 3.8) is 0 Å². The summed E-state index contributed by atoms with van der Waals surface area (Å²) in [5, 5.41) is 6.61. The van der Waals surface area contributed by atoms with Gasteiger partial charge in [-0.25, -0.2) is 4.79 Å². The molecule has 2 N–H and O–H groups in total. The van der Waals surface area contributed by atoms with Gasteiger partial charge in [0.25, 0.3) is 0 Å². The normalized spacial score (nSPS) is 23.5. The molecule has 2 heterocycles. The molecule has 0 spiro atoms. The Hall–Kier alpha value is -2.08. The van der Waals surface area contributed by atoms with Gasteiger partial charge in [0.05, 0.1) is 5.92 Å². The second-order valence-electron chi connectivity index (χ2n) is 8.53.